The third-order valence-electron chi connectivity index (χ3n) is 0.742. The first kappa shape index (κ1) is 5.15. The first-order valence-corrected chi connectivity index (χ1v) is 2.10. The van der Waals surface area contributed by atoms with E-state index in [1.54, 1.807) is 0 Å². The first-order valence-electron chi connectivity index (χ1n) is 2.10. The van der Waals surface area contributed by atoms with Crippen LogP contribution >= 0.6 is 0 Å². The second kappa shape index (κ2) is 1.86. The maximum Gasteiger partial charge on any atom is 0.148 e. The summed E-state index contributed by atoms with van der Waals surface area (Å²) >= 11 is 0. The van der Waals surface area contributed by atoms with Crippen LogP contribution in [0.5, 0.6) is 0 Å². The predicted molar refractivity (Wildman–Crippen MR) is 26.4 cm³/mol. The van der Waals surface area contributed by atoms with Crippen LogP contribution in [-0.4, -0.2) is 10.2 Å². The van der Waals surface area contributed by atoms with Crippen LogP contribution in [0.3, 0.4) is 0 Å². The van der Waals surface area contributed by atoms with Crippen LogP contribution in [0.2, 0.25) is 0 Å². The number of halogens is 1. The van der Waals surface area contributed by atoms with Crippen molar-refractivity contribution in [2.24, 2.45) is 0 Å². The van der Waals surface area contributed by atoms with Gasteiger partial charge in [0.15, 0.2) is 0 Å². The van der Waals surface area contributed by atoms with E-state index in [2.05, 4.69) is 17.1 Å². The van der Waals surface area contributed by atoms with Crippen molar-refractivity contribution in [3.63, 3.8) is 0 Å². The summed E-state index contributed by atoms with van der Waals surface area (Å²) in [6, 6.07) is 1.22. The fourth-order valence-corrected chi connectivity index (χ4v) is 0.346. The van der Waals surface area contributed by atoms with E-state index in [-0.39, 0.29) is 5.69 Å². The fraction of sp³-hybridized carbons (Fsp3) is 0. The first-order chi connectivity index (χ1) is 3.80. The third-order valence-corrected chi connectivity index (χ3v) is 0.742. The molecule has 0 N–H and O–H groups in total. The summed E-state index contributed by atoms with van der Waals surface area (Å²) in [5.41, 5.74) is 0.0903. The van der Waals surface area contributed by atoms with Gasteiger partial charge in [-0.3, -0.25) is 0 Å². The summed E-state index contributed by atoms with van der Waals surface area (Å²) in [5.74, 6) is -0.417. The lowest BCUT2D eigenvalue weighted by Crippen LogP contribution is -1.87. The molecule has 0 aliphatic carbocycles. The molecule has 1 heterocycles. The van der Waals surface area contributed by atoms with E-state index in [9.17, 15) is 4.39 Å². The smallest absolute Gasteiger partial charge is 0.148 e. The van der Waals surface area contributed by atoms with Crippen molar-refractivity contribution in [2.45, 2.75) is 0 Å². The van der Waals surface area contributed by atoms with E-state index < -0.39 is 5.82 Å². The minimum absolute atomic E-state index is 0.0903. The Morgan fingerprint density at radius 3 is 2.75 bits per heavy atom. The highest BCUT2D eigenvalue weighted by Gasteiger charge is 1.92. The maximum atomic E-state index is 12.2. The molecule has 1 aromatic heterocycles. The van der Waals surface area contributed by atoms with Crippen molar-refractivity contribution in [1.29, 1.82) is 0 Å². The van der Waals surface area contributed by atoms with Gasteiger partial charge in [-0.15, -0.1) is 0 Å². The lowest BCUT2D eigenvalue weighted by Gasteiger charge is -1.86. The molecule has 0 amide bonds. The van der Waals surface area contributed by atoms with Crippen molar-refractivity contribution < 1.29 is 4.39 Å². The summed E-state index contributed by atoms with van der Waals surface area (Å²) in [7, 11) is 0. The van der Waals surface area contributed by atoms with Crippen LogP contribution in [0.4, 0.5) is 4.39 Å². The van der Waals surface area contributed by atoms with Gasteiger partial charge in [-0.2, -0.15) is 10.2 Å². The Hall–Kier alpha value is -0.990. The zero-order chi connectivity index (χ0) is 5.98. The van der Waals surface area contributed by atoms with E-state index >= 15 is 0 Å². The van der Waals surface area contributed by atoms with E-state index in [4.69, 9.17) is 0 Å². The van der Waals surface area contributed by atoms with Gasteiger partial charge in [0.05, 0.1) is 11.9 Å². The van der Waals surface area contributed by atoms with Gasteiger partial charge in [0.1, 0.15) is 5.82 Å². The van der Waals surface area contributed by atoms with Crippen LogP contribution in [0.1, 0.15) is 5.69 Å². The lowest BCUT2D eigenvalue weighted by molar-refractivity contribution is 0.608. The molecule has 0 aromatic carbocycles. The minimum Gasteiger partial charge on any atom is -0.205 e. The Kier molecular flexibility index (Phi) is 1.20. The molecule has 8 heavy (non-hydrogen) atoms. The van der Waals surface area contributed by atoms with Gasteiger partial charge in [-0.05, 0) is 6.07 Å². The minimum atomic E-state index is -0.417. The van der Waals surface area contributed by atoms with Gasteiger partial charge in [-0.25, -0.2) is 4.39 Å². The molecule has 2 nitrogen and oxygen atoms in total. The average molecular weight is 111 g/mol. The molecule has 0 atom stereocenters. The number of rotatable bonds is 0. The quantitative estimate of drug-likeness (QED) is 0.494. The van der Waals surface area contributed by atoms with Crippen molar-refractivity contribution in [3.8, 4) is 0 Å². The largest absolute Gasteiger partial charge is 0.205 e. The van der Waals surface area contributed by atoms with E-state index in [1.165, 1.54) is 12.3 Å². The van der Waals surface area contributed by atoms with Gasteiger partial charge in [0.25, 0.3) is 0 Å². The van der Waals surface area contributed by atoms with Gasteiger partial charge in [-0.1, -0.05) is 0 Å². The number of hydrogen-bond donors (Lipinski definition) is 0. The van der Waals surface area contributed by atoms with Crippen LogP contribution in [0, 0.1) is 12.7 Å². The van der Waals surface area contributed by atoms with Crippen LogP contribution < -0.4 is 0 Å². The standard InChI is InChI=1S/C5H4FN2/c1-4-5(6)2-3-7-8-4/h2-3H,1H2. The highest BCUT2D eigenvalue weighted by molar-refractivity contribution is 5.05. The number of hydrogen-bond acceptors (Lipinski definition) is 2. The summed E-state index contributed by atoms with van der Waals surface area (Å²) < 4.78 is 12.2. The summed E-state index contributed by atoms with van der Waals surface area (Å²) in [4.78, 5) is 0. The highest BCUT2D eigenvalue weighted by atomic mass is 19.1. The number of nitrogens with zero attached hydrogens (tertiary/aromatic N) is 2. The van der Waals surface area contributed by atoms with E-state index in [0.717, 1.165) is 0 Å². The monoisotopic (exact) mass is 111 g/mol. The van der Waals surface area contributed by atoms with E-state index in [1.807, 2.05) is 0 Å². The summed E-state index contributed by atoms with van der Waals surface area (Å²) in [6.07, 6.45) is 1.28. The molecular weight excluding hydrogens is 107 g/mol. The van der Waals surface area contributed by atoms with Crippen molar-refractivity contribution in [3.05, 3.63) is 30.7 Å². The molecular formula is C5H4FN2. The molecule has 0 spiro atoms. The molecule has 41 valence electrons. The second-order valence-corrected chi connectivity index (χ2v) is 1.33. The van der Waals surface area contributed by atoms with Gasteiger partial charge in [0.2, 0.25) is 0 Å². The SMILES string of the molecule is [CH2]c1nnccc1F. The highest BCUT2D eigenvalue weighted by Crippen LogP contribution is 1.95. The zero-order valence-electron chi connectivity index (χ0n) is 4.13. The van der Waals surface area contributed by atoms with Gasteiger partial charge >= 0.3 is 0 Å². The molecule has 0 unspecified atom stereocenters. The lowest BCUT2D eigenvalue weighted by atomic mass is 10.4. The molecule has 0 fully saturated rings. The molecule has 0 aliphatic rings. The Labute approximate surface area is 46.4 Å². The Balaban J connectivity index is 3.13. The maximum absolute atomic E-state index is 12.2. The van der Waals surface area contributed by atoms with Crippen LogP contribution in [-0.2, 0) is 0 Å². The summed E-state index contributed by atoms with van der Waals surface area (Å²) in [6.45, 7) is 3.27. The predicted octanol–water partition coefficient (Wildman–Crippen LogP) is 0.798. The zero-order valence-corrected chi connectivity index (χ0v) is 4.13. The van der Waals surface area contributed by atoms with Crippen LogP contribution in [0.15, 0.2) is 12.3 Å². The van der Waals surface area contributed by atoms with Crippen molar-refractivity contribution in [2.75, 3.05) is 0 Å². The molecule has 1 aromatic rings. The third kappa shape index (κ3) is 0.804. The molecule has 0 saturated heterocycles. The molecule has 0 aliphatic heterocycles. The van der Waals surface area contributed by atoms with E-state index in [0.29, 0.717) is 0 Å². The Morgan fingerprint density at radius 2 is 2.38 bits per heavy atom. The fourth-order valence-electron chi connectivity index (χ4n) is 0.346. The van der Waals surface area contributed by atoms with Crippen LogP contribution in [0.25, 0.3) is 0 Å². The molecule has 3 heteroatoms. The molecule has 1 rings (SSSR count). The second-order valence-electron chi connectivity index (χ2n) is 1.33. The normalized spacial score (nSPS) is 9.25. The van der Waals surface area contributed by atoms with Gasteiger partial charge in [0, 0.05) is 6.92 Å². The molecule has 1 radical (unpaired) electrons. The summed E-state index contributed by atoms with van der Waals surface area (Å²) in [5, 5.41) is 6.74. The number of aromatic nitrogens is 2. The van der Waals surface area contributed by atoms with Gasteiger partial charge < -0.3 is 0 Å². The Bertz CT molecular complexity index is 167. The topological polar surface area (TPSA) is 25.8 Å². The molecule has 0 saturated carbocycles. The van der Waals surface area contributed by atoms with Crippen molar-refractivity contribution in [1.82, 2.24) is 10.2 Å². The van der Waals surface area contributed by atoms with Crippen molar-refractivity contribution >= 4 is 0 Å². The Morgan fingerprint density at radius 1 is 1.62 bits per heavy atom. The average Bonchev–Trinajstić information content (AvgIpc) is 1.77. The molecule has 0 bridgehead atoms.